The molecule has 0 bridgehead atoms. The Morgan fingerprint density at radius 3 is 2.84 bits per heavy atom. The Morgan fingerprint density at radius 1 is 1.58 bits per heavy atom. The fourth-order valence-electron chi connectivity index (χ4n) is 2.48. The van der Waals surface area contributed by atoms with Gasteiger partial charge in [0.25, 0.3) is 5.91 Å². The lowest BCUT2D eigenvalue weighted by atomic mass is 10.3. The number of amides is 1. The highest BCUT2D eigenvalue weighted by Gasteiger charge is 2.53. The maximum Gasteiger partial charge on any atom is 0.292 e. The summed E-state index contributed by atoms with van der Waals surface area (Å²) in [5, 5.41) is 2.54. The van der Waals surface area contributed by atoms with Gasteiger partial charge in [-0.1, -0.05) is 0 Å². The van der Waals surface area contributed by atoms with Crippen molar-refractivity contribution in [3.63, 3.8) is 0 Å². The Kier molecular flexibility index (Phi) is 4.07. The SMILES string of the molecule is CNC(=O)/C(OC1CCC(F)C1)=C1\C[N+]1(N)CCN. The van der Waals surface area contributed by atoms with Gasteiger partial charge < -0.3 is 15.8 Å². The van der Waals surface area contributed by atoms with Gasteiger partial charge >= 0.3 is 0 Å². The second-order valence-electron chi connectivity index (χ2n) is 5.21. The van der Waals surface area contributed by atoms with E-state index in [2.05, 4.69) is 5.32 Å². The van der Waals surface area contributed by atoms with Crippen molar-refractivity contribution in [2.75, 3.05) is 26.7 Å². The molecule has 1 aliphatic heterocycles. The van der Waals surface area contributed by atoms with Crippen LogP contribution in [0.15, 0.2) is 11.5 Å². The minimum absolute atomic E-state index is 0.158. The highest BCUT2D eigenvalue weighted by Crippen LogP contribution is 2.35. The van der Waals surface area contributed by atoms with E-state index in [0.29, 0.717) is 38.9 Å². The van der Waals surface area contributed by atoms with Crippen molar-refractivity contribution >= 4 is 5.91 Å². The number of hydrogen-bond donors (Lipinski definition) is 3. The van der Waals surface area contributed by atoms with Crippen LogP contribution in [0.5, 0.6) is 0 Å². The van der Waals surface area contributed by atoms with E-state index in [-0.39, 0.29) is 22.4 Å². The average Bonchev–Trinajstić information content (AvgIpc) is 2.84. The number of ether oxygens (including phenoxy) is 1. The molecule has 1 saturated heterocycles. The molecule has 2 fully saturated rings. The van der Waals surface area contributed by atoms with Crippen LogP contribution in [0.1, 0.15) is 19.3 Å². The molecular formula is C12H22FN4O2+. The van der Waals surface area contributed by atoms with Crippen LogP contribution >= 0.6 is 0 Å². The first-order valence-electron chi connectivity index (χ1n) is 6.62. The number of hydrogen-bond acceptors (Lipinski definition) is 4. The van der Waals surface area contributed by atoms with E-state index in [0.717, 1.165) is 5.70 Å². The highest BCUT2D eigenvalue weighted by atomic mass is 19.1. The van der Waals surface area contributed by atoms with Crippen LogP contribution in [-0.4, -0.2) is 49.5 Å². The van der Waals surface area contributed by atoms with Crippen LogP contribution in [0.4, 0.5) is 4.39 Å². The Hall–Kier alpha value is -1.18. The zero-order valence-electron chi connectivity index (χ0n) is 11.2. The van der Waals surface area contributed by atoms with E-state index in [9.17, 15) is 9.18 Å². The molecule has 2 aliphatic rings. The van der Waals surface area contributed by atoms with Crippen molar-refractivity contribution < 1.29 is 18.5 Å². The second kappa shape index (κ2) is 5.44. The van der Waals surface area contributed by atoms with Gasteiger partial charge in [-0.15, -0.1) is 0 Å². The Morgan fingerprint density at radius 2 is 2.32 bits per heavy atom. The van der Waals surface area contributed by atoms with Gasteiger partial charge in [0.05, 0.1) is 0 Å². The summed E-state index contributed by atoms with van der Waals surface area (Å²) in [6.45, 7) is 1.57. The highest BCUT2D eigenvalue weighted by molar-refractivity contribution is 5.92. The average molecular weight is 273 g/mol. The largest absolute Gasteiger partial charge is 0.480 e. The van der Waals surface area contributed by atoms with Crippen molar-refractivity contribution in [3.05, 3.63) is 11.5 Å². The van der Waals surface area contributed by atoms with E-state index in [1.165, 1.54) is 7.05 Å². The topological polar surface area (TPSA) is 90.4 Å². The van der Waals surface area contributed by atoms with Crippen LogP contribution in [0.3, 0.4) is 0 Å². The molecule has 5 N–H and O–H groups in total. The molecule has 0 aromatic heterocycles. The molecule has 1 amide bonds. The lowest BCUT2D eigenvalue weighted by Gasteiger charge is -2.15. The van der Waals surface area contributed by atoms with E-state index >= 15 is 0 Å². The molecule has 0 aromatic carbocycles. The fraction of sp³-hybridized carbons (Fsp3) is 0.750. The summed E-state index contributed by atoms with van der Waals surface area (Å²) in [5.41, 5.74) is 6.24. The Balaban J connectivity index is 2.10. The number of alkyl halides is 1. The van der Waals surface area contributed by atoms with Gasteiger partial charge in [0.2, 0.25) is 11.5 Å². The zero-order chi connectivity index (χ0) is 14.0. The standard InChI is InChI=1S/C12H21FN4O2/c1-16-12(18)11(10-7-17(10,15)5-4-14)19-9-3-2-8(13)6-9/h8-9H,2-7,14-15H2,1H3/p+1/b11-10-. The quantitative estimate of drug-likeness (QED) is 0.207. The van der Waals surface area contributed by atoms with Crippen LogP contribution in [0, 0.1) is 0 Å². The maximum atomic E-state index is 13.2. The predicted octanol–water partition coefficient (Wildman–Crippen LogP) is -0.486. The van der Waals surface area contributed by atoms with E-state index in [4.69, 9.17) is 16.3 Å². The van der Waals surface area contributed by atoms with Gasteiger partial charge in [-0.25, -0.2) is 8.98 Å². The minimum atomic E-state index is -0.832. The summed E-state index contributed by atoms with van der Waals surface area (Å²) in [6.07, 6.45) is 0.404. The molecule has 1 saturated carbocycles. The molecule has 3 unspecified atom stereocenters. The van der Waals surface area contributed by atoms with Crippen molar-refractivity contribution in [1.29, 1.82) is 0 Å². The summed E-state index contributed by atoms with van der Waals surface area (Å²) >= 11 is 0. The molecule has 2 rings (SSSR count). The third kappa shape index (κ3) is 3.05. The summed E-state index contributed by atoms with van der Waals surface area (Å²) in [7, 11) is 1.54. The molecule has 0 radical (unpaired) electrons. The van der Waals surface area contributed by atoms with Crippen LogP contribution in [-0.2, 0) is 9.53 Å². The van der Waals surface area contributed by atoms with Crippen molar-refractivity contribution in [3.8, 4) is 0 Å². The minimum Gasteiger partial charge on any atom is -0.480 e. The van der Waals surface area contributed by atoms with E-state index < -0.39 is 6.17 Å². The maximum absolute atomic E-state index is 13.2. The molecule has 1 heterocycles. The number of nitrogens with zero attached hydrogens (tertiary/aromatic N) is 1. The Labute approximate surface area is 112 Å². The van der Waals surface area contributed by atoms with Crippen LogP contribution in [0.25, 0.3) is 0 Å². The van der Waals surface area contributed by atoms with Crippen molar-refractivity contribution in [2.24, 2.45) is 11.6 Å². The number of likely N-dealkylation sites (N-methyl/N-ethyl adjacent to an activating group) is 1. The number of carbonyl (C=O) groups excluding carboxylic acids is 1. The monoisotopic (exact) mass is 273 g/mol. The van der Waals surface area contributed by atoms with Crippen molar-refractivity contribution in [2.45, 2.75) is 31.5 Å². The van der Waals surface area contributed by atoms with Crippen molar-refractivity contribution in [1.82, 2.24) is 5.32 Å². The summed E-state index contributed by atoms with van der Waals surface area (Å²) in [4.78, 5) is 11.9. The van der Waals surface area contributed by atoms with Gasteiger partial charge in [0, 0.05) is 20.0 Å². The lowest BCUT2D eigenvalue weighted by Crippen LogP contribution is -2.39. The van der Waals surface area contributed by atoms with E-state index in [1.807, 2.05) is 0 Å². The molecular weight excluding hydrogens is 251 g/mol. The van der Waals surface area contributed by atoms with Gasteiger partial charge in [0.1, 0.15) is 18.8 Å². The smallest absolute Gasteiger partial charge is 0.292 e. The number of quaternary nitrogens is 1. The lowest BCUT2D eigenvalue weighted by molar-refractivity contribution is -0.791. The number of halogens is 1. The second-order valence-corrected chi connectivity index (χ2v) is 5.21. The van der Waals surface area contributed by atoms with Crippen LogP contribution in [0.2, 0.25) is 0 Å². The molecule has 0 spiro atoms. The fourth-order valence-corrected chi connectivity index (χ4v) is 2.48. The first kappa shape index (κ1) is 14.2. The molecule has 0 aromatic rings. The first-order valence-corrected chi connectivity index (χ1v) is 6.62. The van der Waals surface area contributed by atoms with Gasteiger partial charge in [0.15, 0.2) is 6.54 Å². The van der Waals surface area contributed by atoms with Gasteiger partial charge in [-0.3, -0.25) is 4.79 Å². The van der Waals surface area contributed by atoms with Gasteiger partial charge in [-0.2, -0.15) is 5.84 Å². The summed E-state index contributed by atoms with van der Waals surface area (Å²) in [5.74, 6) is 6.00. The third-order valence-corrected chi connectivity index (χ3v) is 3.69. The summed E-state index contributed by atoms with van der Waals surface area (Å²) in [6, 6.07) is 0. The zero-order valence-corrected chi connectivity index (χ0v) is 11.2. The molecule has 19 heavy (non-hydrogen) atoms. The number of rotatable bonds is 5. The molecule has 108 valence electrons. The number of nitrogens with two attached hydrogens (primary N) is 2. The molecule has 1 aliphatic carbocycles. The predicted molar refractivity (Wildman–Crippen MR) is 67.9 cm³/mol. The normalized spacial score (nSPS) is 36.0. The molecule has 3 atom stereocenters. The van der Waals surface area contributed by atoms with Crippen LogP contribution < -0.4 is 16.9 Å². The molecule has 6 nitrogen and oxygen atoms in total. The first-order chi connectivity index (χ1) is 9.00. The third-order valence-electron chi connectivity index (χ3n) is 3.69. The number of nitrogens with one attached hydrogen (secondary N) is 1. The van der Waals surface area contributed by atoms with E-state index in [1.54, 1.807) is 0 Å². The number of carbonyl (C=O) groups is 1. The summed E-state index contributed by atoms with van der Waals surface area (Å²) < 4.78 is 19.0. The van der Waals surface area contributed by atoms with Gasteiger partial charge in [-0.05, 0) is 12.8 Å². The Bertz CT molecular complexity index is 401. The molecule has 7 heteroatoms.